The van der Waals surface area contributed by atoms with Gasteiger partial charge in [-0.1, -0.05) is 36.4 Å². The van der Waals surface area contributed by atoms with Gasteiger partial charge in [0.1, 0.15) is 0 Å². The van der Waals surface area contributed by atoms with Gasteiger partial charge in [-0.15, -0.1) is 10.2 Å². The molecular weight excluding hydrogens is 376 g/mol. The highest BCUT2D eigenvalue weighted by Gasteiger charge is 2.37. The molecule has 2 unspecified atom stereocenters. The number of aromatic nitrogens is 5. The second-order valence-electron chi connectivity index (χ2n) is 8.11. The molecule has 0 aliphatic rings. The van der Waals surface area contributed by atoms with Crippen molar-refractivity contribution < 1.29 is 4.79 Å². The summed E-state index contributed by atoms with van der Waals surface area (Å²) in [6.45, 7) is 8.22. The van der Waals surface area contributed by atoms with Crippen LogP contribution in [0, 0.1) is 0 Å². The van der Waals surface area contributed by atoms with E-state index in [2.05, 4.69) is 60.2 Å². The summed E-state index contributed by atoms with van der Waals surface area (Å²) in [7, 11) is 1.75. The second kappa shape index (κ2) is 9.61. The number of aryl methyl sites for hydroxylation is 1. The monoisotopic (exact) mass is 406 g/mol. The first-order valence-electron chi connectivity index (χ1n) is 10.4. The van der Waals surface area contributed by atoms with Crippen LogP contribution in [0.4, 0.5) is 0 Å². The normalized spacial score (nSPS) is 13.4. The summed E-state index contributed by atoms with van der Waals surface area (Å²) in [5.41, 5.74) is 1.96. The predicted octanol–water partition coefficient (Wildman–Crippen LogP) is 3.36. The van der Waals surface area contributed by atoms with Gasteiger partial charge in [0.15, 0.2) is 5.82 Å². The number of rotatable bonds is 8. The number of carbonyl (C=O) groups is 1. The van der Waals surface area contributed by atoms with Crippen molar-refractivity contribution in [2.45, 2.75) is 58.0 Å². The highest BCUT2D eigenvalue weighted by Crippen LogP contribution is 2.37. The smallest absolute Gasteiger partial charge is 0.231 e. The van der Waals surface area contributed by atoms with Crippen LogP contribution >= 0.6 is 0 Å². The molecule has 3 rings (SSSR count). The summed E-state index contributed by atoms with van der Waals surface area (Å²) in [6, 6.07) is 14.1. The van der Waals surface area contributed by atoms with Crippen LogP contribution in [0.1, 0.15) is 56.5 Å². The molecule has 7 heteroatoms. The molecule has 1 amide bonds. The fourth-order valence-electron chi connectivity index (χ4n) is 4.10. The molecular formula is C23H30N6O. The van der Waals surface area contributed by atoms with E-state index >= 15 is 0 Å². The lowest BCUT2D eigenvalue weighted by Gasteiger charge is -2.37. The predicted molar refractivity (Wildman–Crippen MR) is 116 cm³/mol. The third kappa shape index (κ3) is 4.90. The fourth-order valence-corrected chi connectivity index (χ4v) is 4.10. The van der Waals surface area contributed by atoms with E-state index in [0.29, 0.717) is 12.2 Å². The maximum absolute atomic E-state index is 14.0. The highest BCUT2D eigenvalue weighted by atomic mass is 16.2. The molecule has 158 valence electrons. The number of nitrogens with zero attached hydrogens (tertiary/aromatic N) is 6. The molecule has 7 nitrogen and oxygen atoms in total. The van der Waals surface area contributed by atoms with Crippen LogP contribution in [-0.2, 0) is 18.3 Å². The van der Waals surface area contributed by atoms with Crippen LogP contribution in [0.3, 0.4) is 0 Å². The van der Waals surface area contributed by atoms with Crippen molar-refractivity contribution in [3.8, 4) is 0 Å². The SMILES string of the molecule is CC(C)N(C(=O)C(c1cccnc1)C(Cc1nnn(C)n1)c1ccccc1)C(C)C. The first-order chi connectivity index (χ1) is 14.4. The molecule has 0 bridgehead atoms. The Bertz CT molecular complexity index is 931. The average molecular weight is 407 g/mol. The summed E-state index contributed by atoms with van der Waals surface area (Å²) in [6.07, 6.45) is 4.03. The van der Waals surface area contributed by atoms with Crippen molar-refractivity contribution in [1.29, 1.82) is 0 Å². The van der Waals surface area contributed by atoms with Crippen LogP contribution in [0.15, 0.2) is 54.9 Å². The lowest BCUT2D eigenvalue weighted by molar-refractivity contribution is -0.137. The lowest BCUT2D eigenvalue weighted by Crippen LogP contribution is -2.46. The van der Waals surface area contributed by atoms with E-state index in [1.807, 2.05) is 35.2 Å². The molecule has 0 fully saturated rings. The second-order valence-corrected chi connectivity index (χ2v) is 8.11. The molecule has 0 aliphatic heterocycles. The maximum Gasteiger partial charge on any atom is 0.231 e. The Kier molecular flexibility index (Phi) is 6.92. The van der Waals surface area contributed by atoms with E-state index < -0.39 is 5.92 Å². The third-order valence-electron chi connectivity index (χ3n) is 5.26. The van der Waals surface area contributed by atoms with Gasteiger partial charge in [-0.05, 0) is 50.1 Å². The topological polar surface area (TPSA) is 76.8 Å². The van der Waals surface area contributed by atoms with Gasteiger partial charge in [-0.3, -0.25) is 9.78 Å². The molecule has 0 radical (unpaired) electrons. The zero-order valence-corrected chi connectivity index (χ0v) is 18.3. The zero-order chi connectivity index (χ0) is 21.7. The van der Waals surface area contributed by atoms with Gasteiger partial charge in [0.2, 0.25) is 5.91 Å². The van der Waals surface area contributed by atoms with Crippen molar-refractivity contribution in [3.05, 3.63) is 71.8 Å². The van der Waals surface area contributed by atoms with Gasteiger partial charge in [-0.25, -0.2) is 0 Å². The van der Waals surface area contributed by atoms with Gasteiger partial charge in [0.25, 0.3) is 0 Å². The molecule has 0 N–H and O–H groups in total. The van der Waals surface area contributed by atoms with E-state index in [9.17, 15) is 4.79 Å². The Morgan fingerprint density at radius 3 is 2.20 bits per heavy atom. The minimum absolute atomic E-state index is 0.0859. The van der Waals surface area contributed by atoms with Crippen LogP contribution in [0.2, 0.25) is 0 Å². The standard InChI is InChI=1S/C23H30N6O/c1-16(2)29(17(3)4)23(30)22(19-12-9-13-24-15-19)20(18-10-7-6-8-11-18)14-21-25-27-28(5)26-21/h6-13,15-17,20,22H,14H2,1-5H3. The minimum atomic E-state index is -0.408. The van der Waals surface area contributed by atoms with Crippen molar-refractivity contribution in [2.24, 2.45) is 7.05 Å². The molecule has 1 aromatic carbocycles. The fraction of sp³-hybridized carbons (Fsp3) is 0.435. The largest absolute Gasteiger partial charge is 0.337 e. The number of carbonyl (C=O) groups excluding carboxylic acids is 1. The number of hydrogen-bond acceptors (Lipinski definition) is 5. The Morgan fingerprint density at radius 2 is 1.67 bits per heavy atom. The van der Waals surface area contributed by atoms with E-state index in [-0.39, 0.29) is 23.9 Å². The Hall–Kier alpha value is -3.09. The van der Waals surface area contributed by atoms with Crippen molar-refractivity contribution in [3.63, 3.8) is 0 Å². The number of benzene rings is 1. The van der Waals surface area contributed by atoms with Gasteiger partial charge in [0, 0.05) is 36.8 Å². The van der Waals surface area contributed by atoms with Crippen LogP contribution in [0.25, 0.3) is 0 Å². The maximum atomic E-state index is 14.0. The zero-order valence-electron chi connectivity index (χ0n) is 18.3. The van der Waals surface area contributed by atoms with Crippen LogP contribution < -0.4 is 0 Å². The number of amides is 1. The van der Waals surface area contributed by atoms with E-state index in [4.69, 9.17) is 0 Å². The molecule has 0 spiro atoms. The van der Waals surface area contributed by atoms with Crippen molar-refractivity contribution >= 4 is 5.91 Å². The highest BCUT2D eigenvalue weighted by molar-refractivity contribution is 5.85. The summed E-state index contributed by atoms with van der Waals surface area (Å²) in [4.78, 5) is 21.7. The quantitative estimate of drug-likeness (QED) is 0.573. The summed E-state index contributed by atoms with van der Waals surface area (Å²) in [5, 5.41) is 12.6. The Morgan fingerprint density at radius 1 is 1.00 bits per heavy atom. The van der Waals surface area contributed by atoms with E-state index in [1.165, 1.54) is 4.80 Å². The molecule has 0 saturated carbocycles. The van der Waals surface area contributed by atoms with Crippen molar-refractivity contribution in [1.82, 2.24) is 30.1 Å². The molecule has 3 aromatic rings. The molecule has 2 atom stereocenters. The summed E-state index contributed by atoms with van der Waals surface area (Å²) < 4.78 is 0. The van der Waals surface area contributed by atoms with Gasteiger partial charge < -0.3 is 4.90 Å². The summed E-state index contributed by atoms with van der Waals surface area (Å²) in [5.74, 6) is 0.154. The third-order valence-corrected chi connectivity index (χ3v) is 5.26. The van der Waals surface area contributed by atoms with Crippen LogP contribution in [0.5, 0.6) is 0 Å². The minimum Gasteiger partial charge on any atom is -0.337 e. The van der Waals surface area contributed by atoms with Crippen molar-refractivity contribution in [2.75, 3.05) is 0 Å². The molecule has 2 heterocycles. The summed E-state index contributed by atoms with van der Waals surface area (Å²) >= 11 is 0. The van der Waals surface area contributed by atoms with E-state index in [0.717, 1.165) is 11.1 Å². The number of hydrogen-bond donors (Lipinski definition) is 0. The van der Waals surface area contributed by atoms with Gasteiger partial charge >= 0.3 is 0 Å². The Balaban J connectivity index is 2.12. The number of pyridine rings is 1. The van der Waals surface area contributed by atoms with Gasteiger partial charge in [0.05, 0.1) is 13.0 Å². The molecule has 30 heavy (non-hydrogen) atoms. The first kappa shape index (κ1) is 21.6. The molecule has 0 saturated heterocycles. The number of tetrazole rings is 1. The van der Waals surface area contributed by atoms with Gasteiger partial charge in [-0.2, -0.15) is 4.80 Å². The average Bonchev–Trinajstić information content (AvgIpc) is 3.13. The lowest BCUT2D eigenvalue weighted by atomic mass is 9.78. The molecule has 2 aromatic heterocycles. The Labute approximate surface area is 178 Å². The molecule has 0 aliphatic carbocycles. The first-order valence-corrected chi connectivity index (χ1v) is 10.4. The van der Waals surface area contributed by atoms with Crippen LogP contribution in [-0.4, -0.2) is 48.1 Å². The van der Waals surface area contributed by atoms with E-state index in [1.54, 1.807) is 19.4 Å².